The molecular weight excluding hydrogens is 248 g/mol. The molecule has 1 rings (SSSR count). The van der Waals surface area contributed by atoms with Crippen LogP contribution < -0.4 is 11.1 Å². The zero-order valence-corrected chi connectivity index (χ0v) is 10.7. The molecule has 0 bridgehead atoms. The summed E-state index contributed by atoms with van der Waals surface area (Å²) in [7, 11) is 0. The van der Waals surface area contributed by atoms with Crippen molar-refractivity contribution in [2.24, 2.45) is 0 Å². The number of carboxylic acid groups (broad SMARTS) is 1. The summed E-state index contributed by atoms with van der Waals surface area (Å²) in [6.07, 6.45) is 0.751. The predicted molar refractivity (Wildman–Crippen MR) is 70.4 cm³/mol. The second-order valence-electron chi connectivity index (χ2n) is 4.60. The molecule has 104 valence electrons. The second kappa shape index (κ2) is 6.19. The standard InChI is InChI=1S/C13H18N2O4/c1-13(19,12(17)18)8-15-11(16)7-4-9-2-5-10(14)6-3-9/h2-3,5-6,19H,4,7-8,14H2,1H3,(H,15,16)(H,17,18). The number of benzene rings is 1. The van der Waals surface area contributed by atoms with Gasteiger partial charge in [0.25, 0.3) is 0 Å². The molecule has 0 heterocycles. The molecule has 1 aromatic rings. The number of aliphatic hydroxyl groups is 1. The van der Waals surface area contributed by atoms with E-state index in [1.807, 2.05) is 12.1 Å². The van der Waals surface area contributed by atoms with Gasteiger partial charge in [0.2, 0.25) is 5.91 Å². The Balaban J connectivity index is 2.36. The van der Waals surface area contributed by atoms with Crippen LogP contribution in [-0.2, 0) is 16.0 Å². The predicted octanol–water partition coefficient (Wildman–Crippen LogP) is 0.153. The summed E-state index contributed by atoms with van der Waals surface area (Å²) < 4.78 is 0. The monoisotopic (exact) mass is 266 g/mol. The molecule has 19 heavy (non-hydrogen) atoms. The fraction of sp³-hybridized carbons (Fsp3) is 0.385. The van der Waals surface area contributed by atoms with Gasteiger partial charge in [-0.05, 0) is 31.0 Å². The van der Waals surface area contributed by atoms with E-state index in [0.29, 0.717) is 12.1 Å². The summed E-state index contributed by atoms with van der Waals surface area (Å²) in [5.74, 6) is -1.68. The van der Waals surface area contributed by atoms with Gasteiger partial charge in [-0.15, -0.1) is 0 Å². The number of carbonyl (C=O) groups is 2. The molecule has 6 heteroatoms. The van der Waals surface area contributed by atoms with Crippen LogP contribution in [-0.4, -0.2) is 34.2 Å². The highest BCUT2D eigenvalue weighted by atomic mass is 16.4. The fourth-order valence-corrected chi connectivity index (χ4v) is 1.38. The van der Waals surface area contributed by atoms with Crippen LogP contribution in [0.4, 0.5) is 5.69 Å². The largest absolute Gasteiger partial charge is 0.479 e. The molecule has 1 aromatic carbocycles. The molecule has 0 saturated carbocycles. The number of nitrogens with one attached hydrogen (secondary N) is 1. The third kappa shape index (κ3) is 4.97. The summed E-state index contributed by atoms with van der Waals surface area (Å²) in [6, 6.07) is 7.16. The number of anilines is 1. The maximum absolute atomic E-state index is 11.5. The molecule has 0 radical (unpaired) electrons. The minimum Gasteiger partial charge on any atom is -0.479 e. The van der Waals surface area contributed by atoms with Crippen molar-refractivity contribution >= 4 is 17.6 Å². The number of hydrogen-bond acceptors (Lipinski definition) is 4. The molecule has 1 unspecified atom stereocenters. The number of nitrogen functional groups attached to an aromatic ring is 1. The van der Waals surface area contributed by atoms with Gasteiger partial charge in [0.1, 0.15) is 0 Å². The van der Waals surface area contributed by atoms with Crippen molar-refractivity contribution in [3.8, 4) is 0 Å². The lowest BCUT2D eigenvalue weighted by molar-refractivity contribution is -0.156. The zero-order chi connectivity index (χ0) is 14.5. The van der Waals surface area contributed by atoms with Crippen molar-refractivity contribution in [3.63, 3.8) is 0 Å². The summed E-state index contributed by atoms with van der Waals surface area (Å²) >= 11 is 0. The molecular formula is C13H18N2O4. The Morgan fingerprint density at radius 2 is 1.89 bits per heavy atom. The van der Waals surface area contributed by atoms with Crippen molar-refractivity contribution in [2.75, 3.05) is 12.3 Å². The molecule has 0 aliphatic rings. The molecule has 1 atom stereocenters. The number of amides is 1. The number of aryl methyl sites for hydroxylation is 1. The molecule has 0 aromatic heterocycles. The first kappa shape index (κ1) is 15.0. The van der Waals surface area contributed by atoms with E-state index in [0.717, 1.165) is 12.5 Å². The average Bonchev–Trinajstić information content (AvgIpc) is 2.35. The van der Waals surface area contributed by atoms with Crippen LogP contribution in [0.1, 0.15) is 18.9 Å². The first-order valence-electron chi connectivity index (χ1n) is 5.88. The van der Waals surface area contributed by atoms with Crippen molar-refractivity contribution in [3.05, 3.63) is 29.8 Å². The normalized spacial score (nSPS) is 13.6. The van der Waals surface area contributed by atoms with Crippen LogP contribution in [0, 0.1) is 0 Å². The van der Waals surface area contributed by atoms with Crippen LogP contribution in [0.5, 0.6) is 0 Å². The van der Waals surface area contributed by atoms with Gasteiger partial charge in [-0.1, -0.05) is 12.1 Å². The van der Waals surface area contributed by atoms with Gasteiger partial charge in [-0.25, -0.2) is 4.79 Å². The van der Waals surface area contributed by atoms with Gasteiger partial charge >= 0.3 is 5.97 Å². The summed E-state index contributed by atoms with van der Waals surface area (Å²) in [6.45, 7) is 0.818. The zero-order valence-electron chi connectivity index (χ0n) is 10.7. The minimum atomic E-state index is -1.95. The van der Waals surface area contributed by atoms with Crippen molar-refractivity contribution in [1.82, 2.24) is 5.32 Å². The highest BCUT2D eigenvalue weighted by Gasteiger charge is 2.30. The SMILES string of the molecule is CC(O)(CNC(=O)CCc1ccc(N)cc1)C(=O)O. The first-order valence-corrected chi connectivity index (χ1v) is 5.88. The lowest BCUT2D eigenvalue weighted by Gasteiger charge is -2.18. The minimum absolute atomic E-state index is 0.222. The molecule has 0 aliphatic carbocycles. The number of rotatable bonds is 6. The van der Waals surface area contributed by atoms with Gasteiger partial charge in [0, 0.05) is 12.1 Å². The highest BCUT2D eigenvalue weighted by Crippen LogP contribution is 2.08. The van der Waals surface area contributed by atoms with Crippen LogP contribution in [0.25, 0.3) is 0 Å². The number of hydrogen-bond donors (Lipinski definition) is 4. The van der Waals surface area contributed by atoms with Crippen molar-refractivity contribution < 1.29 is 19.8 Å². The van der Waals surface area contributed by atoms with Gasteiger partial charge in [-0.3, -0.25) is 4.79 Å². The second-order valence-corrected chi connectivity index (χ2v) is 4.60. The first-order chi connectivity index (χ1) is 8.81. The van der Waals surface area contributed by atoms with E-state index in [4.69, 9.17) is 10.8 Å². The van der Waals surface area contributed by atoms with Gasteiger partial charge in [0.15, 0.2) is 5.60 Å². The Labute approximate surface area is 111 Å². The molecule has 6 nitrogen and oxygen atoms in total. The van der Waals surface area contributed by atoms with E-state index >= 15 is 0 Å². The molecule has 0 spiro atoms. The van der Waals surface area contributed by atoms with Crippen molar-refractivity contribution in [2.45, 2.75) is 25.4 Å². The van der Waals surface area contributed by atoms with Crippen LogP contribution in [0.2, 0.25) is 0 Å². The Hall–Kier alpha value is -2.08. The van der Waals surface area contributed by atoms with Gasteiger partial charge < -0.3 is 21.3 Å². The smallest absolute Gasteiger partial charge is 0.337 e. The lowest BCUT2D eigenvalue weighted by atomic mass is 10.1. The summed E-state index contributed by atoms with van der Waals surface area (Å²) in [5, 5.41) is 20.5. The number of aliphatic carboxylic acids is 1. The summed E-state index contributed by atoms with van der Waals surface area (Å²) in [5.41, 5.74) is 5.22. The third-order valence-electron chi connectivity index (χ3n) is 2.71. The maximum Gasteiger partial charge on any atom is 0.337 e. The molecule has 0 fully saturated rings. The molecule has 0 saturated heterocycles. The van der Waals surface area contributed by atoms with Crippen molar-refractivity contribution in [1.29, 1.82) is 0 Å². The van der Waals surface area contributed by atoms with E-state index in [1.165, 1.54) is 0 Å². The molecule has 0 aliphatic heterocycles. The van der Waals surface area contributed by atoms with E-state index < -0.39 is 11.6 Å². The molecule has 5 N–H and O–H groups in total. The average molecular weight is 266 g/mol. The highest BCUT2D eigenvalue weighted by molar-refractivity contribution is 5.80. The Morgan fingerprint density at radius 1 is 1.32 bits per heavy atom. The maximum atomic E-state index is 11.5. The van der Waals surface area contributed by atoms with Gasteiger partial charge in [-0.2, -0.15) is 0 Å². The Morgan fingerprint density at radius 3 is 2.42 bits per heavy atom. The number of carboxylic acids is 1. The van der Waals surface area contributed by atoms with E-state index in [9.17, 15) is 14.7 Å². The third-order valence-corrected chi connectivity index (χ3v) is 2.71. The topological polar surface area (TPSA) is 113 Å². The van der Waals surface area contributed by atoms with Crippen LogP contribution in [0.15, 0.2) is 24.3 Å². The number of carbonyl (C=O) groups excluding carboxylic acids is 1. The Bertz CT molecular complexity index is 454. The van der Waals surface area contributed by atoms with Gasteiger partial charge in [0.05, 0.1) is 6.54 Å². The lowest BCUT2D eigenvalue weighted by Crippen LogP contribution is -2.46. The number of nitrogens with two attached hydrogens (primary N) is 1. The van der Waals surface area contributed by atoms with Crippen LogP contribution in [0.3, 0.4) is 0 Å². The summed E-state index contributed by atoms with van der Waals surface area (Å²) in [4.78, 5) is 22.1. The fourth-order valence-electron chi connectivity index (χ4n) is 1.38. The van der Waals surface area contributed by atoms with Crippen LogP contribution >= 0.6 is 0 Å². The quantitative estimate of drug-likeness (QED) is 0.548. The van der Waals surface area contributed by atoms with E-state index in [1.54, 1.807) is 12.1 Å². The van der Waals surface area contributed by atoms with E-state index in [2.05, 4.69) is 5.32 Å². The molecule has 1 amide bonds. The Kier molecular flexibility index (Phi) is 4.88. The van der Waals surface area contributed by atoms with E-state index in [-0.39, 0.29) is 18.9 Å².